The molecule has 0 saturated heterocycles. The quantitative estimate of drug-likeness (QED) is 0.487. The number of aryl methyl sites for hydroxylation is 1. The van der Waals surface area contributed by atoms with E-state index in [0.29, 0.717) is 5.56 Å². The molecule has 2 amide bonds. The minimum absolute atomic E-state index is 0. The van der Waals surface area contributed by atoms with Crippen LogP contribution in [0.3, 0.4) is 0 Å². The molecule has 186 valence electrons. The van der Waals surface area contributed by atoms with Crippen molar-refractivity contribution in [2.24, 2.45) is 5.92 Å². The van der Waals surface area contributed by atoms with Crippen LogP contribution in [0.4, 0.5) is 5.69 Å². The van der Waals surface area contributed by atoms with Gasteiger partial charge in [-0.25, -0.2) is 0 Å². The van der Waals surface area contributed by atoms with Crippen LogP contribution in [0.25, 0.3) is 0 Å². The first-order valence-corrected chi connectivity index (χ1v) is 13.4. The number of carbonyl (C=O) groups is 2. The van der Waals surface area contributed by atoms with Crippen molar-refractivity contribution in [1.29, 1.82) is 0 Å². The monoisotopic (exact) mass is 464 g/mol. The summed E-state index contributed by atoms with van der Waals surface area (Å²) in [4.78, 5) is 29.6. The molecular formula is C30H44N2O2. The minimum atomic E-state index is -0.480. The van der Waals surface area contributed by atoms with E-state index < -0.39 is 6.04 Å². The highest BCUT2D eigenvalue weighted by Crippen LogP contribution is 2.33. The van der Waals surface area contributed by atoms with E-state index in [-0.39, 0.29) is 25.2 Å². The Balaban J connectivity index is 0.00000140. The third kappa shape index (κ3) is 6.49. The second-order valence-electron chi connectivity index (χ2n) is 9.51. The minimum Gasteiger partial charge on any atom is -0.352 e. The SMILES string of the molecule is CC.Cc1ccccc1C(=O)N(c1ccccc1)C(C(=O)NC1CCCCC1)C1CCCCC1.[HH]. The van der Waals surface area contributed by atoms with E-state index in [0.717, 1.165) is 49.8 Å². The molecular weight excluding hydrogens is 420 g/mol. The summed E-state index contributed by atoms with van der Waals surface area (Å²) < 4.78 is 0. The molecule has 2 fully saturated rings. The van der Waals surface area contributed by atoms with Crippen LogP contribution in [-0.2, 0) is 4.79 Å². The molecule has 1 unspecified atom stereocenters. The van der Waals surface area contributed by atoms with E-state index in [2.05, 4.69) is 5.32 Å². The number of anilines is 1. The van der Waals surface area contributed by atoms with Crippen LogP contribution in [0.1, 0.15) is 95.4 Å². The molecule has 0 aliphatic heterocycles. The molecule has 0 heterocycles. The Hall–Kier alpha value is -2.62. The molecule has 4 heteroatoms. The molecule has 4 nitrogen and oxygen atoms in total. The predicted octanol–water partition coefficient (Wildman–Crippen LogP) is 7.31. The Morgan fingerprint density at radius 1 is 0.824 bits per heavy atom. The normalized spacial score (nSPS) is 17.7. The number of hydrogen-bond donors (Lipinski definition) is 1. The van der Waals surface area contributed by atoms with Crippen molar-refractivity contribution < 1.29 is 11.0 Å². The lowest BCUT2D eigenvalue weighted by Gasteiger charge is -2.39. The Morgan fingerprint density at radius 3 is 2.00 bits per heavy atom. The lowest BCUT2D eigenvalue weighted by atomic mass is 9.82. The van der Waals surface area contributed by atoms with Gasteiger partial charge in [0.1, 0.15) is 6.04 Å². The van der Waals surface area contributed by atoms with Gasteiger partial charge in [-0.05, 0) is 62.3 Å². The number of nitrogens with one attached hydrogen (secondary N) is 1. The first kappa shape index (κ1) is 26.0. The van der Waals surface area contributed by atoms with E-state index >= 15 is 0 Å². The van der Waals surface area contributed by atoms with Gasteiger partial charge in [0.05, 0.1) is 0 Å². The number of rotatable bonds is 6. The molecule has 0 spiro atoms. The van der Waals surface area contributed by atoms with Crippen LogP contribution < -0.4 is 10.2 Å². The lowest BCUT2D eigenvalue weighted by molar-refractivity contribution is -0.124. The number of para-hydroxylation sites is 1. The molecule has 0 bridgehead atoms. The maximum atomic E-state index is 14.0. The summed E-state index contributed by atoms with van der Waals surface area (Å²) in [5, 5.41) is 3.35. The summed E-state index contributed by atoms with van der Waals surface area (Å²) in [6.45, 7) is 5.97. The third-order valence-corrected chi connectivity index (χ3v) is 7.22. The average molecular weight is 465 g/mol. The van der Waals surface area contributed by atoms with Gasteiger partial charge in [0.15, 0.2) is 0 Å². The van der Waals surface area contributed by atoms with Crippen molar-refractivity contribution >= 4 is 17.5 Å². The fraction of sp³-hybridized carbons (Fsp3) is 0.533. The van der Waals surface area contributed by atoms with Gasteiger partial charge in [-0.1, -0.05) is 88.8 Å². The molecule has 2 aliphatic carbocycles. The van der Waals surface area contributed by atoms with Crippen molar-refractivity contribution in [2.45, 2.75) is 97.1 Å². The van der Waals surface area contributed by atoms with E-state index in [4.69, 9.17) is 0 Å². The number of amides is 2. The van der Waals surface area contributed by atoms with Crippen LogP contribution in [0.5, 0.6) is 0 Å². The maximum absolute atomic E-state index is 14.0. The van der Waals surface area contributed by atoms with Gasteiger partial charge < -0.3 is 5.32 Å². The molecule has 0 radical (unpaired) electrons. The van der Waals surface area contributed by atoms with E-state index in [1.807, 2.05) is 75.4 Å². The van der Waals surface area contributed by atoms with Crippen molar-refractivity contribution in [2.75, 3.05) is 4.90 Å². The molecule has 2 aliphatic rings. The summed E-state index contributed by atoms with van der Waals surface area (Å²) in [5.41, 5.74) is 2.41. The van der Waals surface area contributed by atoms with Gasteiger partial charge in [0.25, 0.3) is 5.91 Å². The topological polar surface area (TPSA) is 49.4 Å². The van der Waals surface area contributed by atoms with Crippen LogP contribution in [0.15, 0.2) is 54.6 Å². The van der Waals surface area contributed by atoms with Crippen molar-refractivity contribution in [3.63, 3.8) is 0 Å². The summed E-state index contributed by atoms with van der Waals surface area (Å²) in [6.07, 6.45) is 11.1. The highest BCUT2D eigenvalue weighted by atomic mass is 16.2. The number of benzene rings is 2. The second-order valence-corrected chi connectivity index (χ2v) is 9.51. The van der Waals surface area contributed by atoms with Crippen LogP contribution in [-0.4, -0.2) is 23.9 Å². The van der Waals surface area contributed by atoms with Gasteiger partial charge >= 0.3 is 0 Å². The molecule has 1 N–H and O–H groups in total. The van der Waals surface area contributed by atoms with E-state index in [1.54, 1.807) is 4.90 Å². The van der Waals surface area contributed by atoms with Gasteiger partial charge in [0.2, 0.25) is 5.91 Å². The summed E-state index contributed by atoms with van der Waals surface area (Å²) in [7, 11) is 0. The van der Waals surface area contributed by atoms with Gasteiger partial charge in [-0.3, -0.25) is 14.5 Å². The van der Waals surface area contributed by atoms with Crippen molar-refractivity contribution in [1.82, 2.24) is 5.32 Å². The van der Waals surface area contributed by atoms with Gasteiger partial charge in [-0.2, -0.15) is 0 Å². The maximum Gasteiger partial charge on any atom is 0.259 e. The first-order chi connectivity index (χ1) is 16.6. The van der Waals surface area contributed by atoms with Crippen LogP contribution in [0, 0.1) is 12.8 Å². The summed E-state index contributed by atoms with van der Waals surface area (Å²) in [5.74, 6) is 0.124. The standard InChI is InChI=1S/C28H36N2O2.C2H6.H2/c1-21-13-11-12-20-25(21)28(32)30(24-18-9-4-10-19-24)26(22-14-5-2-6-15-22)27(31)29-23-16-7-3-8-17-23;1-2;/h4,9-13,18-20,22-23,26H,2-3,5-8,14-17H2,1H3,(H,29,31);1-2H3;1H. The zero-order valence-corrected chi connectivity index (χ0v) is 21.3. The molecule has 1 atom stereocenters. The fourth-order valence-corrected chi connectivity index (χ4v) is 5.46. The predicted molar refractivity (Wildman–Crippen MR) is 143 cm³/mol. The van der Waals surface area contributed by atoms with Crippen molar-refractivity contribution in [3.8, 4) is 0 Å². The fourth-order valence-electron chi connectivity index (χ4n) is 5.46. The number of carbonyl (C=O) groups excluding carboxylic acids is 2. The average Bonchev–Trinajstić information content (AvgIpc) is 2.90. The summed E-state index contributed by atoms with van der Waals surface area (Å²) >= 11 is 0. The number of hydrogen-bond acceptors (Lipinski definition) is 2. The molecule has 2 aromatic rings. The Labute approximate surface area is 207 Å². The third-order valence-electron chi connectivity index (χ3n) is 7.22. The van der Waals surface area contributed by atoms with Crippen LogP contribution >= 0.6 is 0 Å². The van der Waals surface area contributed by atoms with Gasteiger partial charge in [-0.15, -0.1) is 0 Å². The smallest absolute Gasteiger partial charge is 0.259 e. The molecule has 4 rings (SSSR count). The van der Waals surface area contributed by atoms with Crippen LogP contribution in [0.2, 0.25) is 0 Å². The van der Waals surface area contributed by atoms with E-state index in [9.17, 15) is 9.59 Å². The highest BCUT2D eigenvalue weighted by Gasteiger charge is 2.39. The molecule has 2 saturated carbocycles. The largest absolute Gasteiger partial charge is 0.352 e. The highest BCUT2D eigenvalue weighted by molar-refractivity contribution is 6.10. The van der Waals surface area contributed by atoms with Crippen molar-refractivity contribution in [3.05, 3.63) is 65.7 Å². The zero-order valence-electron chi connectivity index (χ0n) is 21.3. The first-order valence-electron chi connectivity index (χ1n) is 13.4. The number of nitrogens with zero attached hydrogens (tertiary/aromatic N) is 1. The second kappa shape index (κ2) is 13.3. The Kier molecular flexibility index (Phi) is 10.2. The zero-order chi connectivity index (χ0) is 24.3. The Morgan fingerprint density at radius 2 is 1.38 bits per heavy atom. The lowest BCUT2D eigenvalue weighted by Crippen LogP contribution is -2.56. The Bertz CT molecular complexity index is 906. The molecule has 0 aromatic heterocycles. The summed E-state index contributed by atoms with van der Waals surface area (Å²) in [6, 6.07) is 17.2. The molecule has 2 aromatic carbocycles. The van der Waals surface area contributed by atoms with Gasteiger partial charge in [0, 0.05) is 18.7 Å². The molecule has 34 heavy (non-hydrogen) atoms. The van der Waals surface area contributed by atoms with E-state index in [1.165, 1.54) is 25.7 Å².